The molecule has 0 aliphatic heterocycles. The van der Waals surface area contributed by atoms with Crippen LogP contribution in [-0.2, 0) is 0 Å². The Hall–Kier alpha value is 0.430. The van der Waals surface area contributed by atoms with Crippen molar-refractivity contribution in [2.75, 3.05) is 0 Å². The highest BCUT2D eigenvalue weighted by molar-refractivity contribution is 7.17. The van der Waals surface area contributed by atoms with Crippen molar-refractivity contribution in [3.63, 3.8) is 0 Å². The first-order valence-electron chi connectivity index (χ1n) is 4.60. The number of hydrogen-bond donors (Lipinski definition) is 0. The minimum absolute atomic E-state index is 0.903. The van der Waals surface area contributed by atoms with Crippen LogP contribution in [0.4, 0.5) is 0 Å². The van der Waals surface area contributed by atoms with E-state index in [0.717, 1.165) is 11.6 Å². The zero-order chi connectivity index (χ0) is 7.40. The molecule has 0 aromatic rings. The molecule has 2 unspecified atom stereocenters. The third-order valence-electron chi connectivity index (χ3n) is 2.73. The van der Waals surface area contributed by atoms with Gasteiger partial charge in [0.15, 0.2) is 0 Å². The van der Waals surface area contributed by atoms with E-state index < -0.39 is 0 Å². The van der Waals surface area contributed by atoms with E-state index in [1.54, 1.807) is 0 Å². The molecule has 0 amide bonds. The Morgan fingerprint density at radius 1 is 1.30 bits per heavy atom. The standard InChI is InChI=1S/C9H19P/c1-2-9(10)8-6-4-3-5-7-8/h8-9H,2-7,10H2,1H3. The first-order chi connectivity index (χ1) is 4.84. The summed E-state index contributed by atoms with van der Waals surface area (Å²) < 4.78 is 0. The maximum Gasteiger partial charge on any atom is -0.0238 e. The van der Waals surface area contributed by atoms with Gasteiger partial charge >= 0.3 is 0 Å². The van der Waals surface area contributed by atoms with Crippen LogP contribution >= 0.6 is 9.24 Å². The van der Waals surface area contributed by atoms with Crippen molar-refractivity contribution in [1.82, 2.24) is 0 Å². The Labute approximate surface area is 67.0 Å². The van der Waals surface area contributed by atoms with E-state index in [4.69, 9.17) is 0 Å². The lowest BCUT2D eigenvalue weighted by Crippen LogP contribution is -2.16. The average Bonchev–Trinajstić information content (AvgIpc) is 2.05. The fraction of sp³-hybridized carbons (Fsp3) is 1.00. The van der Waals surface area contributed by atoms with E-state index in [9.17, 15) is 0 Å². The maximum absolute atomic E-state index is 3.00. The second-order valence-corrected chi connectivity index (χ2v) is 4.33. The summed E-state index contributed by atoms with van der Waals surface area (Å²) in [4.78, 5) is 0. The summed E-state index contributed by atoms with van der Waals surface area (Å²) in [6.45, 7) is 2.30. The molecule has 0 nitrogen and oxygen atoms in total. The molecule has 0 aromatic heterocycles. The van der Waals surface area contributed by atoms with Crippen molar-refractivity contribution in [3.05, 3.63) is 0 Å². The molecular formula is C9H19P. The van der Waals surface area contributed by atoms with Crippen LogP contribution in [0.15, 0.2) is 0 Å². The van der Waals surface area contributed by atoms with Crippen LogP contribution in [0.1, 0.15) is 45.4 Å². The lowest BCUT2D eigenvalue weighted by atomic mass is 9.86. The van der Waals surface area contributed by atoms with Crippen LogP contribution < -0.4 is 0 Å². The molecule has 0 radical (unpaired) electrons. The molecule has 10 heavy (non-hydrogen) atoms. The van der Waals surface area contributed by atoms with Gasteiger partial charge < -0.3 is 0 Å². The highest BCUT2D eigenvalue weighted by Gasteiger charge is 2.17. The Kier molecular flexibility index (Phi) is 3.70. The van der Waals surface area contributed by atoms with Crippen LogP contribution in [0.25, 0.3) is 0 Å². The van der Waals surface area contributed by atoms with Crippen LogP contribution in [0.3, 0.4) is 0 Å². The van der Waals surface area contributed by atoms with Crippen molar-refractivity contribution in [2.24, 2.45) is 5.92 Å². The van der Waals surface area contributed by atoms with Crippen LogP contribution in [0.5, 0.6) is 0 Å². The van der Waals surface area contributed by atoms with Gasteiger partial charge in [0.1, 0.15) is 0 Å². The largest absolute Gasteiger partial charge is 0.134 e. The second kappa shape index (κ2) is 4.34. The molecule has 0 N–H and O–H groups in total. The Balaban J connectivity index is 2.24. The predicted octanol–water partition coefficient (Wildman–Crippen LogP) is 3.22. The minimum Gasteiger partial charge on any atom is -0.134 e. The van der Waals surface area contributed by atoms with Gasteiger partial charge in [0.2, 0.25) is 0 Å². The van der Waals surface area contributed by atoms with E-state index in [-0.39, 0.29) is 0 Å². The molecule has 0 spiro atoms. The minimum atomic E-state index is 0.903. The Morgan fingerprint density at radius 3 is 2.40 bits per heavy atom. The molecule has 1 aliphatic carbocycles. The van der Waals surface area contributed by atoms with Crippen molar-refractivity contribution in [2.45, 2.75) is 51.1 Å². The zero-order valence-corrected chi connectivity index (χ0v) is 8.13. The molecule has 0 saturated heterocycles. The van der Waals surface area contributed by atoms with Gasteiger partial charge in [0.25, 0.3) is 0 Å². The molecular weight excluding hydrogens is 139 g/mol. The lowest BCUT2D eigenvalue weighted by Gasteiger charge is -2.26. The monoisotopic (exact) mass is 158 g/mol. The van der Waals surface area contributed by atoms with Crippen LogP contribution in [0, 0.1) is 5.92 Å². The fourth-order valence-corrected chi connectivity index (χ4v) is 2.28. The van der Waals surface area contributed by atoms with Crippen LogP contribution in [-0.4, -0.2) is 5.66 Å². The molecule has 0 heterocycles. The fourth-order valence-electron chi connectivity index (χ4n) is 1.90. The van der Waals surface area contributed by atoms with E-state index in [1.165, 1.54) is 38.5 Å². The van der Waals surface area contributed by atoms with Crippen molar-refractivity contribution in [3.8, 4) is 0 Å². The molecule has 60 valence electrons. The summed E-state index contributed by atoms with van der Waals surface area (Å²) in [5.41, 5.74) is 0.903. The van der Waals surface area contributed by atoms with E-state index in [2.05, 4.69) is 16.2 Å². The molecule has 2 atom stereocenters. The molecule has 1 rings (SSSR count). The van der Waals surface area contributed by atoms with Gasteiger partial charge in [0.05, 0.1) is 0 Å². The smallest absolute Gasteiger partial charge is 0.0238 e. The lowest BCUT2D eigenvalue weighted by molar-refractivity contribution is 0.344. The first-order valence-corrected chi connectivity index (χ1v) is 5.27. The quantitative estimate of drug-likeness (QED) is 0.541. The summed E-state index contributed by atoms with van der Waals surface area (Å²) in [6.07, 6.45) is 8.77. The highest BCUT2D eigenvalue weighted by Crippen LogP contribution is 2.31. The number of hydrogen-bond acceptors (Lipinski definition) is 0. The zero-order valence-electron chi connectivity index (χ0n) is 6.97. The molecule has 1 fully saturated rings. The van der Waals surface area contributed by atoms with Gasteiger partial charge in [-0.25, -0.2) is 0 Å². The number of rotatable bonds is 2. The predicted molar refractivity (Wildman–Crippen MR) is 50.4 cm³/mol. The summed E-state index contributed by atoms with van der Waals surface area (Å²) in [6, 6.07) is 0. The van der Waals surface area contributed by atoms with Gasteiger partial charge in [-0.1, -0.05) is 26.2 Å². The first kappa shape index (κ1) is 8.53. The van der Waals surface area contributed by atoms with Gasteiger partial charge in [-0.3, -0.25) is 0 Å². The molecule has 0 bridgehead atoms. The third kappa shape index (κ3) is 2.23. The molecule has 0 aromatic carbocycles. The van der Waals surface area contributed by atoms with Gasteiger partial charge in [-0.2, -0.15) is 0 Å². The summed E-state index contributed by atoms with van der Waals surface area (Å²) in [5, 5.41) is 0. The topological polar surface area (TPSA) is 0 Å². The van der Waals surface area contributed by atoms with Crippen LogP contribution in [0.2, 0.25) is 0 Å². The summed E-state index contributed by atoms with van der Waals surface area (Å²) in [5.74, 6) is 1.03. The van der Waals surface area contributed by atoms with Crippen molar-refractivity contribution in [1.29, 1.82) is 0 Å². The maximum atomic E-state index is 3.00. The molecule has 1 aliphatic rings. The van der Waals surface area contributed by atoms with Gasteiger partial charge in [-0.15, -0.1) is 9.24 Å². The highest BCUT2D eigenvalue weighted by atomic mass is 31.0. The second-order valence-electron chi connectivity index (χ2n) is 3.47. The summed E-state index contributed by atoms with van der Waals surface area (Å²) >= 11 is 0. The third-order valence-corrected chi connectivity index (χ3v) is 3.74. The van der Waals surface area contributed by atoms with Crippen molar-refractivity contribution >= 4 is 9.24 Å². The van der Waals surface area contributed by atoms with E-state index in [1.807, 2.05) is 0 Å². The molecule has 1 heteroatoms. The van der Waals surface area contributed by atoms with Crippen molar-refractivity contribution < 1.29 is 0 Å². The molecule has 1 saturated carbocycles. The Morgan fingerprint density at radius 2 is 1.90 bits per heavy atom. The van der Waals surface area contributed by atoms with Gasteiger partial charge in [0, 0.05) is 0 Å². The normalized spacial score (nSPS) is 24.6. The average molecular weight is 158 g/mol. The van der Waals surface area contributed by atoms with E-state index >= 15 is 0 Å². The van der Waals surface area contributed by atoms with Gasteiger partial charge in [-0.05, 0) is 30.8 Å². The van der Waals surface area contributed by atoms with E-state index in [0.29, 0.717) is 0 Å². The Bertz CT molecular complexity index is 84.7. The summed E-state index contributed by atoms with van der Waals surface area (Å²) in [7, 11) is 3.00. The SMILES string of the molecule is CCC(P)C1CCCCC1.